The minimum atomic E-state index is 0.0489. The van der Waals surface area contributed by atoms with E-state index in [1.54, 1.807) is 4.90 Å². The molecule has 0 aromatic carbocycles. The average molecular weight is 281 g/mol. The van der Waals surface area contributed by atoms with Gasteiger partial charge in [-0.3, -0.25) is 4.90 Å². The van der Waals surface area contributed by atoms with Gasteiger partial charge >= 0.3 is 6.03 Å². The van der Waals surface area contributed by atoms with Crippen LogP contribution in [0.1, 0.15) is 19.3 Å². The predicted molar refractivity (Wildman–Crippen MR) is 79.8 cm³/mol. The molecule has 0 radical (unpaired) electrons. The smallest absolute Gasteiger partial charge is 0.317 e. The summed E-state index contributed by atoms with van der Waals surface area (Å²) in [7, 11) is 1.87. The Morgan fingerprint density at radius 1 is 1.40 bits per heavy atom. The number of hydrogen-bond donors (Lipinski definition) is 1. The van der Waals surface area contributed by atoms with Gasteiger partial charge in [-0.25, -0.2) is 4.79 Å². The fourth-order valence-corrected chi connectivity index (χ4v) is 2.63. The molecule has 1 fully saturated rings. The summed E-state index contributed by atoms with van der Waals surface area (Å²) in [6.07, 6.45) is 7.88. The monoisotopic (exact) mass is 281 g/mol. The number of hydrogen-bond acceptors (Lipinski definition) is 3. The van der Waals surface area contributed by atoms with Gasteiger partial charge in [0.05, 0.1) is 13.2 Å². The fraction of sp³-hybridized carbons (Fsp3) is 0.800. The Labute approximate surface area is 121 Å². The van der Waals surface area contributed by atoms with Crippen LogP contribution >= 0.6 is 0 Å². The number of allylic oxidation sites excluding steroid dienone is 2. The molecule has 5 heteroatoms. The quantitative estimate of drug-likeness (QED) is 0.773. The molecule has 1 aliphatic carbocycles. The van der Waals surface area contributed by atoms with E-state index in [1.165, 1.54) is 6.42 Å². The molecule has 0 aromatic rings. The number of nitrogens with one attached hydrogen (secondary N) is 1. The summed E-state index contributed by atoms with van der Waals surface area (Å²) in [6.45, 7) is 6.07. The van der Waals surface area contributed by atoms with Crippen LogP contribution in [0.5, 0.6) is 0 Å². The first-order chi connectivity index (χ1) is 9.75. The Morgan fingerprint density at radius 2 is 2.20 bits per heavy atom. The third-order valence-electron chi connectivity index (χ3n) is 4.12. The summed E-state index contributed by atoms with van der Waals surface area (Å²) in [6, 6.07) is 0.0489. The van der Waals surface area contributed by atoms with E-state index in [9.17, 15) is 4.79 Å². The van der Waals surface area contributed by atoms with Crippen molar-refractivity contribution in [1.82, 2.24) is 15.1 Å². The van der Waals surface area contributed by atoms with E-state index in [1.807, 2.05) is 7.05 Å². The number of carbonyl (C=O) groups is 1. The normalized spacial score (nSPS) is 23.6. The molecular formula is C15H27N3O2. The van der Waals surface area contributed by atoms with Crippen molar-refractivity contribution in [1.29, 1.82) is 0 Å². The number of ether oxygens (including phenoxy) is 1. The summed E-state index contributed by atoms with van der Waals surface area (Å²) < 4.78 is 5.32. The third kappa shape index (κ3) is 5.13. The van der Waals surface area contributed by atoms with Crippen LogP contribution in [-0.2, 0) is 4.74 Å². The lowest BCUT2D eigenvalue weighted by Crippen LogP contribution is -2.45. The van der Waals surface area contributed by atoms with Crippen molar-refractivity contribution in [3.05, 3.63) is 12.2 Å². The first-order valence-electron chi connectivity index (χ1n) is 7.70. The van der Waals surface area contributed by atoms with Gasteiger partial charge in [0.25, 0.3) is 0 Å². The number of morpholine rings is 1. The zero-order valence-corrected chi connectivity index (χ0v) is 12.5. The minimum Gasteiger partial charge on any atom is -0.379 e. The number of amides is 2. The van der Waals surface area contributed by atoms with Crippen LogP contribution in [-0.4, -0.2) is 68.8 Å². The molecule has 0 spiro atoms. The molecule has 2 rings (SSSR count). The summed E-state index contributed by atoms with van der Waals surface area (Å²) in [5.74, 6) is 0.608. The molecule has 1 unspecified atom stereocenters. The average Bonchev–Trinajstić information content (AvgIpc) is 2.52. The predicted octanol–water partition coefficient (Wildman–Crippen LogP) is 1.32. The van der Waals surface area contributed by atoms with Crippen LogP contribution in [0.2, 0.25) is 0 Å². The van der Waals surface area contributed by atoms with Crippen LogP contribution in [0.4, 0.5) is 4.79 Å². The minimum absolute atomic E-state index is 0.0489. The van der Waals surface area contributed by atoms with Crippen molar-refractivity contribution in [3.8, 4) is 0 Å². The molecule has 0 aromatic heterocycles. The summed E-state index contributed by atoms with van der Waals surface area (Å²) in [4.78, 5) is 16.1. The maximum absolute atomic E-state index is 12.0. The Morgan fingerprint density at radius 3 is 2.90 bits per heavy atom. The zero-order chi connectivity index (χ0) is 14.2. The SMILES string of the molecule is CN(CCN1CCOCC1)C(=O)NCC1CC=CCC1. The van der Waals surface area contributed by atoms with E-state index in [4.69, 9.17) is 4.74 Å². The van der Waals surface area contributed by atoms with Crippen molar-refractivity contribution in [2.75, 3.05) is 53.0 Å². The highest BCUT2D eigenvalue weighted by atomic mass is 16.5. The van der Waals surface area contributed by atoms with Crippen LogP contribution in [0, 0.1) is 5.92 Å². The first-order valence-corrected chi connectivity index (χ1v) is 7.70. The summed E-state index contributed by atoms with van der Waals surface area (Å²) in [5.41, 5.74) is 0. The van der Waals surface area contributed by atoms with Gasteiger partial charge in [-0.1, -0.05) is 12.2 Å². The highest BCUT2D eigenvalue weighted by Crippen LogP contribution is 2.16. The molecule has 5 nitrogen and oxygen atoms in total. The van der Waals surface area contributed by atoms with Gasteiger partial charge in [-0.05, 0) is 25.2 Å². The number of likely N-dealkylation sites (N-methyl/N-ethyl adjacent to an activating group) is 1. The Hall–Kier alpha value is -1.07. The third-order valence-corrected chi connectivity index (χ3v) is 4.12. The molecule has 2 amide bonds. The van der Waals surface area contributed by atoms with Crippen LogP contribution in [0.15, 0.2) is 12.2 Å². The molecule has 1 atom stereocenters. The van der Waals surface area contributed by atoms with Crippen LogP contribution < -0.4 is 5.32 Å². The number of urea groups is 1. The molecule has 114 valence electrons. The van der Waals surface area contributed by atoms with Crippen molar-refractivity contribution >= 4 is 6.03 Å². The topological polar surface area (TPSA) is 44.8 Å². The van der Waals surface area contributed by atoms with Crippen molar-refractivity contribution in [2.24, 2.45) is 5.92 Å². The summed E-state index contributed by atoms with van der Waals surface area (Å²) in [5, 5.41) is 3.05. The second kappa shape index (κ2) is 8.27. The van der Waals surface area contributed by atoms with Crippen LogP contribution in [0.25, 0.3) is 0 Å². The second-order valence-electron chi connectivity index (χ2n) is 5.71. The van der Waals surface area contributed by atoms with Crippen molar-refractivity contribution < 1.29 is 9.53 Å². The highest BCUT2D eigenvalue weighted by Gasteiger charge is 2.15. The van der Waals surface area contributed by atoms with Gasteiger partial charge in [0.15, 0.2) is 0 Å². The van der Waals surface area contributed by atoms with Gasteiger partial charge in [-0.2, -0.15) is 0 Å². The van der Waals surface area contributed by atoms with E-state index in [2.05, 4.69) is 22.4 Å². The Kier molecular flexibility index (Phi) is 6.33. The molecule has 1 N–H and O–H groups in total. The van der Waals surface area contributed by atoms with E-state index >= 15 is 0 Å². The molecule has 20 heavy (non-hydrogen) atoms. The number of rotatable bonds is 5. The molecule has 2 aliphatic rings. The molecule has 1 saturated heterocycles. The molecule has 0 bridgehead atoms. The number of nitrogens with zero attached hydrogens (tertiary/aromatic N) is 2. The lowest BCUT2D eigenvalue weighted by atomic mass is 9.94. The van der Waals surface area contributed by atoms with Gasteiger partial charge < -0.3 is 15.0 Å². The van der Waals surface area contributed by atoms with Gasteiger partial charge in [0.1, 0.15) is 0 Å². The van der Waals surface area contributed by atoms with Gasteiger partial charge in [0, 0.05) is 39.8 Å². The Balaban J connectivity index is 1.59. The lowest BCUT2D eigenvalue weighted by Gasteiger charge is -2.29. The fourth-order valence-electron chi connectivity index (χ4n) is 2.63. The highest BCUT2D eigenvalue weighted by molar-refractivity contribution is 5.73. The molecule has 0 saturated carbocycles. The largest absolute Gasteiger partial charge is 0.379 e. The lowest BCUT2D eigenvalue weighted by molar-refractivity contribution is 0.0357. The number of carbonyl (C=O) groups excluding carboxylic acids is 1. The van der Waals surface area contributed by atoms with Crippen molar-refractivity contribution in [2.45, 2.75) is 19.3 Å². The maximum atomic E-state index is 12.0. The van der Waals surface area contributed by atoms with E-state index in [-0.39, 0.29) is 6.03 Å². The maximum Gasteiger partial charge on any atom is 0.317 e. The van der Waals surface area contributed by atoms with Crippen molar-refractivity contribution in [3.63, 3.8) is 0 Å². The van der Waals surface area contributed by atoms with E-state index in [0.29, 0.717) is 5.92 Å². The summed E-state index contributed by atoms with van der Waals surface area (Å²) >= 11 is 0. The molecule has 1 aliphatic heterocycles. The Bertz CT molecular complexity index is 327. The van der Waals surface area contributed by atoms with E-state index in [0.717, 1.165) is 58.8 Å². The zero-order valence-electron chi connectivity index (χ0n) is 12.5. The molecule has 1 heterocycles. The first kappa shape index (κ1) is 15.3. The second-order valence-corrected chi connectivity index (χ2v) is 5.71. The van der Waals surface area contributed by atoms with Gasteiger partial charge in [0.2, 0.25) is 0 Å². The molecular weight excluding hydrogens is 254 g/mol. The van der Waals surface area contributed by atoms with Crippen LogP contribution in [0.3, 0.4) is 0 Å². The standard InChI is InChI=1S/C15H27N3O2/c1-17(7-8-18-9-11-20-12-10-18)15(19)16-13-14-5-3-2-4-6-14/h2-3,14H,4-13H2,1H3,(H,16,19). The van der Waals surface area contributed by atoms with Gasteiger partial charge in [-0.15, -0.1) is 0 Å². The van der Waals surface area contributed by atoms with E-state index < -0.39 is 0 Å².